The SMILES string of the molecule is CC1CCN(CCNC(=O)CCCCCCN)CC1.Cl.Cl. The van der Waals surface area contributed by atoms with Crippen LogP contribution in [0.25, 0.3) is 0 Å². The minimum absolute atomic E-state index is 0. The quantitative estimate of drug-likeness (QED) is 0.633. The molecule has 128 valence electrons. The van der Waals surface area contributed by atoms with Crippen LogP contribution in [-0.4, -0.2) is 43.5 Å². The maximum Gasteiger partial charge on any atom is 0.220 e. The number of likely N-dealkylation sites (tertiary alicyclic amines) is 1. The molecule has 1 aliphatic heterocycles. The first-order chi connectivity index (χ1) is 9.22. The number of unbranched alkanes of at least 4 members (excludes halogenated alkanes) is 3. The van der Waals surface area contributed by atoms with Gasteiger partial charge in [-0.25, -0.2) is 0 Å². The van der Waals surface area contributed by atoms with Crippen molar-refractivity contribution in [2.24, 2.45) is 11.7 Å². The lowest BCUT2D eigenvalue weighted by Crippen LogP contribution is -2.39. The van der Waals surface area contributed by atoms with Gasteiger partial charge in [0.05, 0.1) is 0 Å². The summed E-state index contributed by atoms with van der Waals surface area (Å²) in [6.45, 7) is 7.28. The highest BCUT2D eigenvalue weighted by molar-refractivity contribution is 5.85. The van der Waals surface area contributed by atoms with Crippen LogP contribution in [0, 0.1) is 5.92 Å². The first-order valence-corrected chi connectivity index (χ1v) is 7.91. The third-order valence-electron chi connectivity index (χ3n) is 3.98. The van der Waals surface area contributed by atoms with Gasteiger partial charge in [-0.05, 0) is 51.2 Å². The van der Waals surface area contributed by atoms with E-state index in [2.05, 4.69) is 17.1 Å². The fourth-order valence-electron chi connectivity index (χ4n) is 2.51. The molecule has 0 bridgehead atoms. The largest absolute Gasteiger partial charge is 0.355 e. The smallest absolute Gasteiger partial charge is 0.220 e. The Kier molecular flexibility index (Phi) is 16.5. The Bertz CT molecular complexity index is 247. The first kappa shape index (κ1) is 23.2. The maximum absolute atomic E-state index is 11.6. The number of nitrogens with two attached hydrogens (primary N) is 1. The fraction of sp³-hybridized carbons (Fsp3) is 0.933. The monoisotopic (exact) mass is 341 g/mol. The molecule has 4 nitrogen and oxygen atoms in total. The number of carbonyl (C=O) groups is 1. The van der Waals surface area contributed by atoms with Gasteiger partial charge in [0.15, 0.2) is 0 Å². The second-order valence-electron chi connectivity index (χ2n) is 5.83. The average molecular weight is 342 g/mol. The standard InChI is InChI=1S/C15H31N3O.2ClH/c1-14-7-11-18(12-8-14)13-10-17-15(19)6-4-2-3-5-9-16;;/h14H,2-13,16H2,1H3,(H,17,19);2*1H. The molecule has 0 aromatic heterocycles. The second-order valence-corrected chi connectivity index (χ2v) is 5.83. The zero-order chi connectivity index (χ0) is 13.9. The molecule has 3 N–H and O–H groups in total. The number of piperidine rings is 1. The van der Waals surface area contributed by atoms with Gasteiger partial charge in [0.25, 0.3) is 0 Å². The van der Waals surface area contributed by atoms with Crippen molar-refractivity contribution < 1.29 is 4.79 Å². The Morgan fingerprint density at radius 3 is 2.38 bits per heavy atom. The van der Waals surface area contributed by atoms with Crippen molar-refractivity contribution in [3.05, 3.63) is 0 Å². The number of nitrogens with zero attached hydrogens (tertiary/aromatic N) is 1. The number of nitrogens with one attached hydrogen (secondary N) is 1. The highest BCUT2D eigenvalue weighted by Gasteiger charge is 2.14. The van der Waals surface area contributed by atoms with Crippen LogP contribution in [0.3, 0.4) is 0 Å². The Labute approximate surface area is 142 Å². The molecule has 0 aliphatic carbocycles. The topological polar surface area (TPSA) is 58.4 Å². The van der Waals surface area contributed by atoms with Crippen LogP contribution < -0.4 is 11.1 Å². The summed E-state index contributed by atoms with van der Waals surface area (Å²) in [4.78, 5) is 14.1. The highest BCUT2D eigenvalue weighted by Crippen LogP contribution is 2.15. The first-order valence-electron chi connectivity index (χ1n) is 7.91. The van der Waals surface area contributed by atoms with E-state index in [0.29, 0.717) is 6.42 Å². The molecule has 0 aromatic carbocycles. The summed E-state index contributed by atoms with van der Waals surface area (Å²) in [6.07, 6.45) is 7.61. The zero-order valence-electron chi connectivity index (χ0n) is 13.3. The lowest BCUT2D eigenvalue weighted by atomic mass is 9.99. The number of amides is 1. The molecule has 0 aromatic rings. The van der Waals surface area contributed by atoms with Crippen LogP contribution in [0.15, 0.2) is 0 Å². The number of carbonyl (C=O) groups excluding carboxylic acids is 1. The van der Waals surface area contributed by atoms with E-state index in [1.54, 1.807) is 0 Å². The molecule has 1 amide bonds. The molecule has 6 heteroatoms. The van der Waals surface area contributed by atoms with Crippen molar-refractivity contribution in [1.82, 2.24) is 10.2 Å². The van der Waals surface area contributed by atoms with Gasteiger partial charge in [-0.1, -0.05) is 19.8 Å². The van der Waals surface area contributed by atoms with E-state index in [1.165, 1.54) is 25.9 Å². The van der Waals surface area contributed by atoms with Crippen LogP contribution in [0.4, 0.5) is 0 Å². The number of rotatable bonds is 9. The third-order valence-corrected chi connectivity index (χ3v) is 3.98. The minimum Gasteiger partial charge on any atom is -0.355 e. The molecule has 0 radical (unpaired) electrons. The lowest BCUT2D eigenvalue weighted by Gasteiger charge is -2.30. The van der Waals surface area contributed by atoms with E-state index in [0.717, 1.165) is 51.2 Å². The van der Waals surface area contributed by atoms with Gasteiger partial charge in [0.2, 0.25) is 5.91 Å². The van der Waals surface area contributed by atoms with Crippen LogP contribution in [0.2, 0.25) is 0 Å². The van der Waals surface area contributed by atoms with Crippen LogP contribution in [-0.2, 0) is 4.79 Å². The summed E-state index contributed by atoms with van der Waals surface area (Å²) in [7, 11) is 0. The summed E-state index contributed by atoms with van der Waals surface area (Å²) in [5.74, 6) is 1.08. The Morgan fingerprint density at radius 2 is 1.76 bits per heavy atom. The molecule has 1 fully saturated rings. The maximum atomic E-state index is 11.6. The van der Waals surface area contributed by atoms with Crippen molar-refractivity contribution in [1.29, 1.82) is 0 Å². The van der Waals surface area contributed by atoms with Gasteiger partial charge < -0.3 is 16.0 Å². The molecule has 1 saturated heterocycles. The van der Waals surface area contributed by atoms with Crippen molar-refractivity contribution in [3.63, 3.8) is 0 Å². The Balaban J connectivity index is 0. The van der Waals surface area contributed by atoms with Crippen molar-refractivity contribution in [2.75, 3.05) is 32.7 Å². The molecule has 0 saturated carbocycles. The van der Waals surface area contributed by atoms with Crippen LogP contribution in [0.1, 0.15) is 51.9 Å². The van der Waals surface area contributed by atoms with Crippen LogP contribution >= 0.6 is 24.8 Å². The second kappa shape index (κ2) is 14.9. The molecular formula is C15H33Cl2N3O. The summed E-state index contributed by atoms with van der Waals surface area (Å²) in [5.41, 5.74) is 5.43. The van der Waals surface area contributed by atoms with E-state index in [4.69, 9.17) is 5.73 Å². The summed E-state index contributed by atoms with van der Waals surface area (Å²) >= 11 is 0. The van der Waals surface area contributed by atoms with E-state index < -0.39 is 0 Å². The molecule has 0 unspecified atom stereocenters. The van der Waals surface area contributed by atoms with Crippen LogP contribution in [0.5, 0.6) is 0 Å². The fourth-order valence-corrected chi connectivity index (χ4v) is 2.51. The van der Waals surface area contributed by atoms with Gasteiger partial charge >= 0.3 is 0 Å². The van der Waals surface area contributed by atoms with E-state index in [9.17, 15) is 4.79 Å². The third kappa shape index (κ3) is 12.2. The van der Waals surface area contributed by atoms with Gasteiger partial charge in [0.1, 0.15) is 0 Å². The Hall–Kier alpha value is -0.0300. The van der Waals surface area contributed by atoms with Crippen molar-refractivity contribution in [3.8, 4) is 0 Å². The Morgan fingerprint density at radius 1 is 1.14 bits per heavy atom. The average Bonchev–Trinajstić information content (AvgIpc) is 2.41. The molecule has 1 heterocycles. The summed E-state index contributed by atoms with van der Waals surface area (Å²) in [6, 6.07) is 0. The number of hydrogen-bond acceptors (Lipinski definition) is 3. The van der Waals surface area contributed by atoms with Gasteiger partial charge in [-0.15, -0.1) is 24.8 Å². The predicted octanol–water partition coefficient (Wildman–Crippen LogP) is 2.59. The molecule has 1 rings (SSSR count). The lowest BCUT2D eigenvalue weighted by molar-refractivity contribution is -0.121. The molecule has 1 aliphatic rings. The molecule has 0 atom stereocenters. The van der Waals surface area contributed by atoms with E-state index in [1.807, 2.05) is 0 Å². The van der Waals surface area contributed by atoms with E-state index in [-0.39, 0.29) is 30.7 Å². The van der Waals surface area contributed by atoms with Crippen molar-refractivity contribution in [2.45, 2.75) is 51.9 Å². The van der Waals surface area contributed by atoms with Gasteiger partial charge in [0, 0.05) is 19.5 Å². The summed E-state index contributed by atoms with van der Waals surface area (Å²) < 4.78 is 0. The zero-order valence-corrected chi connectivity index (χ0v) is 14.9. The van der Waals surface area contributed by atoms with E-state index >= 15 is 0 Å². The molecule has 21 heavy (non-hydrogen) atoms. The van der Waals surface area contributed by atoms with Gasteiger partial charge in [-0.2, -0.15) is 0 Å². The predicted molar refractivity (Wildman–Crippen MR) is 94.5 cm³/mol. The number of halogens is 2. The number of hydrogen-bond donors (Lipinski definition) is 2. The normalized spacial score (nSPS) is 15.9. The summed E-state index contributed by atoms with van der Waals surface area (Å²) in [5, 5.41) is 3.03. The molecular weight excluding hydrogens is 309 g/mol. The molecule has 0 spiro atoms. The van der Waals surface area contributed by atoms with Crippen molar-refractivity contribution >= 4 is 30.7 Å². The highest BCUT2D eigenvalue weighted by atomic mass is 35.5. The minimum atomic E-state index is 0. The van der Waals surface area contributed by atoms with Gasteiger partial charge in [-0.3, -0.25) is 4.79 Å².